The molecule has 5 nitrogen and oxygen atoms in total. The predicted molar refractivity (Wildman–Crippen MR) is 88.0 cm³/mol. The maximum atomic E-state index is 12.2. The van der Waals surface area contributed by atoms with E-state index in [1.807, 2.05) is 30.3 Å². The topological polar surface area (TPSA) is 65.5 Å². The number of carbonyl (C=O) groups excluding carboxylic acids is 1. The van der Waals surface area contributed by atoms with Crippen LogP contribution in [0.25, 0.3) is 10.4 Å². The highest BCUT2D eigenvalue weighted by atomic mass is 32.1. The minimum absolute atomic E-state index is 0.106. The number of hydrogen-bond donors (Lipinski definition) is 2. The lowest BCUT2D eigenvalue weighted by molar-refractivity contribution is 0.143. The maximum absolute atomic E-state index is 12.2. The molecule has 0 spiro atoms. The highest BCUT2D eigenvalue weighted by Gasteiger charge is 2.22. The highest BCUT2D eigenvalue weighted by Crippen LogP contribution is 2.29. The van der Waals surface area contributed by atoms with Crippen LogP contribution in [-0.4, -0.2) is 40.7 Å². The fraction of sp³-hybridized carbons (Fsp3) is 0.375. The summed E-state index contributed by atoms with van der Waals surface area (Å²) in [6.07, 6.45) is 3.50. The number of amides is 2. The molecule has 0 bridgehead atoms. The van der Waals surface area contributed by atoms with Crippen molar-refractivity contribution in [1.82, 2.24) is 9.88 Å². The van der Waals surface area contributed by atoms with E-state index in [0.29, 0.717) is 24.1 Å². The number of likely N-dealkylation sites (tertiary alicyclic amines) is 1. The monoisotopic (exact) mass is 317 g/mol. The molecule has 3 rings (SSSR count). The Bertz CT molecular complexity index is 621. The Morgan fingerprint density at radius 3 is 2.73 bits per heavy atom. The molecule has 116 valence electrons. The SMILES string of the molecule is O=C(Nc1ncc(-c2ccccc2)s1)N1CCC(CO)CC1. The zero-order valence-corrected chi connectivity index (χ0v) is 13.1. The number of aliphatic hydroxyl groups excluding tert-OH is 1. The molecule has 0 radical (unpaired) electrons. The fourth-order valence-electron chi connectivity index (χ4n) is 2.56. The summed E-state index contributed by atoms with van der Waals surface area (Å²) >= 11 is 1.47. The molecule has 1 aliphatic heterocycles. The van der Waals surface area contributed by atoms with Crippen LogP contribution < -0.4 is 5.32 Å². The number of nitrogens with one attached hydrogen (secondary N) is 1. The smallest absolute Gasteiger partial charge is 0.323 e. The quantitative estimate of drug-likeness (QED) is 0.914. The second-order valence-electron chi connectivity index (χ2n) is 5.44. The van der Waals surface area contributed by atoms with Gasteiger partial charge in [-0.1, -0.05) is 41.7 Å². The van der Waals surface area contributed by atoms with Crippen LogP contribution in [0.2, 0.25) is 0 Å². The largest absolute Gasteiger partial charge is 0.396 e. The van der Waals surface area contributed by atoms with Crippen molar-refractivity contribution < 1.29 is 9.90 Å². The van der Waals surface area contributed by atoms with Gasteiger partial charge in [-0.2, -0.15) is 0 Å². The van der Waals surface area contributed by atoms with Gasteiger partial charge in [-0.15, -0.1) is 0 Å². The molecule has 0 aliphatic carbocycles. The molecule has 2 heterocycles. The minimum atomic E-state index is -0.106. The van der Waals surface area contributed by atoms with Crippen molar-refractivity contribution in [3.05, 3.63) is 36.5 Å². The van der Waals surface area contributed by atoms with E-state index in [1.54, 1.807) is 11.1 Å². The lowest BCUT2D eigenvalue weighted by Crippen LogP contribution is -2.41. The van der Waals surface area contributed by atoms with Crippen LogP contribution in [0.1, 0.15) is 12.8 Å². The number of benzene rings is 1. The number of anilines is 1. The number of aliphatic hydroxyl groups is 1. The molecule has 1 saturated heterocycles. The summed E-state index contributed by atoms with van der Waals surface area (Å²) in [4.78, 5) is 19.3. The number of piperidine rings is 1. The second kappa shape index (κ2) is 6.89. The first-order valence-electron chi connectivity index (χ1n) is 7.44. The van der Waals surface area contributed by atoms with Crippen LogP contribution in [0.15, 0.2) is 36.5 Å². The van der Waals surface area contributed by atoms with Gasteiger partial charge >= 0.3 is 6.03 Å². The first-order chi connectivity index (χ1) is 10.8. The third kappa shape index (κ3) is 3.45. The molecule has 1 fully saturated rings. The van der Waals surface area contributed by atoms with Gasteiger partial charge in [0.25, 0.3) is 0 Å². The van der Waals surface area contributed by atoms with Crippen LogP contribution in [0.3, 0.4) is 0 Å². The summed E-state index contributed by atoms with van der Waals surface area (Å²) in [5.41, 5.74) is 1.10. The molecule has 2 aromatic rings. The lowest BCUT2D eigenvalue weighted by atomic mass is 9.98. The number of rotatable bonds is 3. The average Bonchev–Trinajstić information content (AvgIpc) is 3.04. The molecule has 0 unspecified atom stereocenters. The molecule has 2 N–H and O–H groups in total. The Hall–Kier alpha value is -1.92. The van der Waals surface area contributed by atoms with Crippen LogP contribution in [-0.2, 0) is 0 Å². The lowest BCUT2D eigenvalue weighted by Gasteiger charge is -2.30. The summed E-state index contributed by atoms with van der Waals surface area (Å²) < 4.78 is 0. The van der Waals surface area contributed by atoms with E-state index in [4.69, 9.17) is 5.11 Å². The van der Waals surface area contributed by atoms with Crippen molar-refractivity contribution in [3.8, 4) is 10.4 Å². The van der Waals surface area contributed by atoms with Gasteiger partial charge in [0.15, 0.2) is 5.13 Å². The summed E-state index contributed by atoms with van der Waals surface area (Å²) in [6.45, 7) is 1.59. The Morgan fingerprint density at radius 2 is 2.05 bits per heavy atom. The molecule has 1 aromatic heterocycles. The first kappa shape index (κ1) is 15.0. The van der Waals surface area contributed by atoms with E-state index in [0.717, 1.165) is 23.3 Å². The van der Waals surface area contributed by atoms with Gasteiger partial charge in [-0.25, -0.2) is 9.78 Å². The van der Waals surface area contributed by atoms with E-state index in [1.165, 1.54) is 11.3 Å². The molecule has 1 aromatic carbocycles. The number of aromatic nitrogens is 1. The van der Waals surface area contributed by atoms with Gasteiger partial charge in [-0.3, -0.25) is 5.32 Å². The van der Waals surface area contributed by atoms with Gasteiger partial charge in [0, 0.05) is 25.9 Å². The van der Waals surface area contributed by atoms with Crippen LogP contribution in [0.5, 0.6) is 0 Å². The zero-order chi connectivity index (χ0) is 15.4. The van der Waals surface area contributed by atoms with Crippen molar-refractivity contribution in [3.63, 3.8) is 0 Å². The summed E-state index contributed by atoms with van der Waals surface area (Å²) in [7, 11) is 0. The normalized spacial score (nSPS) is 15.8. The number of carbonyl (C=O) groups is 1. The molecule has 0 atom stereocenters. The standard InChI is InChI=1S/C16H19N3O2S/c20-11-12-6-8-19(9-7-12)16(21)18-15-17-10-14(22-15)13-4-2-1-3-5-13/h1-5,10,12,20H,6-9,11H2,(H,17,18,21). The van der Waals surface area contributed by atoms with Gasteiger partial charge in [0.05, 0.1) is 4.88 Å². The fourth-order valence-corrected chi connectivity index (χ4v) is 3.37. The second-order valence-corrected chi connectivity index (χ2v) is 6.47. The Kier molecular flexibility index (Phi) is 4.70. The molecule has 6 heteroatoms. The number of urea groups is 1. The molecular weight excluding hydrogens is 298 g/mol. The predicted octanol–water partition coefficient (Wildman–Crippen LogP) is 3.05. The van der Waals surface area contributed by atoms with E-state index in [2.05, 4.69) is 10.3 Å². The Labute approximate surface area is 133 Å². The first-order valence-corrected chi connectivity index (χ1v) is 8.26. The van der Waals surface area contributed by atoms with Gasteiger partial charge in [0.2, 0.25) is 0 Å². The maximum Gasteiger partial charge on any atom is 0.323 e. The molecule has 2 amide bonds. The summed E-state index contributed by atoms with van der Waals surface area (Å²) in [5.74, 6) is 0.327. The van der Waals surface area contributed by atoms with Gasteiger partial charge in [-0.05, 0) is 24.3 Å². The summed E-state index contributed by atoms with van der Waals surface area (Å²) in [5, 5.41) is 12.6. The zero-order valence-electron chi connectivity index (χ0n) is 12.2. The van der Waals surface area contributed by atoms with E-state index in [-0.39, 0.29) is 12.6 Å². The Balaban J connectivity index is 1.60. The van der Waals surface area contributed by atoms with Gasteiger partial charge in [0.1, 0.15) is 0 Å². The van der Waals surface area contributed by atoms with Crippen molar-refractivity contribution in [2.45, 2.75) is 12.8 Å². The van der Waals surface area contributed by atoms with E-state index < -0.39 is 0 Å². The molecular formula is C16H19N3O2S. The van der Waals surface area contributed by atoms with E-state index >= 15 is 0 Å². The average molecular weight is 317 g/mol. The van der Waals surface area contributed by atoms with Crippen molar-refractivity contribution in [2.75, 3.05) is 25.0 Å². The third-order valence-electron chi connectivity index (χ3n) is 3.94. The van der Waals surface area contributed by atoms with Crippen LogP contribution in [0.4, 0.5) is 9.93 Å². The molecule has 0 saturated carbocycles. The third-order valence-corrected chi connectivity index (χ3v) is 4.90. The van der Waals surface area contributed by atoms with Crippen LogP contribution in [0, 0.1) is 5.92 Å². The molecule has 22 heavy (non-hydrogen) atoms. The van der Waals surface area contributed by atoms with Crippen molar-refractivity contribution in [2.24, 2.45) is 5.92 Å². The number of nitrogens with zero attached hydrogens (tertiary/aromatic N) is 2. The highest BCUT2D eigenvalue weighted by molar-refractivity contribution is 7.19. The van der Waals surface area contributed by atoms with Crippen molar-refractivity contribution >= 4 is 22.5 Å². The summed E-state index contributed by atoms with van der Waals surface area (Å²) in [6, 6.07) is 9.89. The molecule has 1 aliphatic rings. The van der Waals surface area contributed by atoms with Crippen molar-refractivity contribution in [1.29, 1.82) is 0 Å². The van der Waals surface area contributed by atoms with Crippen LogP contribution >= 0.6 is 11.3 Å². The van der Waals surface area contributed by atoms with E-state index in [9.17, 15) is 4.79 Å². The number of thiazole rings is 1. The number of hydrogen-bond acceptors (Lipinski definition) is 4. The van der Waals surface area contributed by atoms with Gasteiger partial charge < -0.3 is 10.0 Å². The Morgan fingerprint density at radius 1 is 1.32 bits per heavy atom. The minimum Gasteiger partial charge on any atom is -0.396 e.